The van der Waals surface area contributed by atoms with Gasteiger partial charge in [0.05, 0.1) is 18.8 Å². The number of carbonyl (C=O) groups excluding carboxylic acids is 1. The summed E-state index contributed by atoms with van der Waals surface area (Å²) in [7, 11) is 0. The Kier molecular flexibility index (Phi) is 6.22. The van der Waals surface area contributed by atoms with Crippen molar-refractivity contribution >= 4 is 6.09 Å². The maximum atomic E-state index is 13.6. The number of aryl methyl sites for hydroxylation is 1. The van der Waals surface area contributed by atoms with E-state index in [-0.39, 0.29) is 6.54 Å². The third-order valence-corrected chi connectivity index (χ3v) is 2.55. The second kappa shape index (κ2) is 7.49. The van der Waals surface area contributed by atoms with Crippen molar-refractivity contribution in [3.8, 4) is 0 Å². The monoisotopic (exact) mass is 315 g/mol. The number of hydrogen-bond donors (Lipinski definition) is 2. The van der Waals surface area contributed by atoms with E-state index in [0.29, 0.717) is 5.69 Å². The van der Waals surface area contributed by atoms with Crippen LogP contribution in [0.3, 0.4) is 0 Å². The standard InChI is InChI=1S/C15H23F2N3O2/c1-11-5-6-12(19-7-11)8-18-9-15(16,17)10-20-13(21)22-14(2,3)4/h5-7,18H,8-10H2,1-4H3,(H,20,21). The highest BCUT2D eigenvalue weighted by atomic mass is 19.3. The van der Waals surface area contributed by atoms with Gasteiger partial charge in [0.2, 0.25) is 0 Å². The van der Waals surface area contributed by atoms with Gasteiger partial charge in [-0.15, -0.1) is 0 Å². The first-order chi connectivity index (χ1) is 10.1. The van der Waals surface area contributed by atoms with Gasteiger partial charge in [0.15, 0.2) is 0 Å². The predicted molar refractivity (Wildman–Crippen MR) is 79.9 cm³/mol. The Labute approximate surface area is 129 Å². The molecule has 0 aliphatic carbocycles. The summed E-state index contributed by atoms with van der Waals surface area (Å²) in [6.07, 6.45) is 0.825. The van der Waals surface area contributed by atoms with E-state index in [2.05, 4.69) is 15.6 Å². The SMILES string of the molecule is Cc1ccc(CNCC(F)(F)CNC(=O)OC(C)(C)C)nc1. The van der Waals surface area contributed by atoms with E-state index in [1.54, 1.807) is 33.0 Å². The number of nitrogens with zero attached hydrogens (tertiary/aromatic N) is 1. The average molecular weight is 315 g/mol. The largest absolute Gasteiger partial charge is 0.444 e. The van der Waals surface area contributed by atoms with Gasteiger partial charge in [0.25, 0.3) is 5.92 Å². The molecule has 0 spiro atoms. The van der Waals surface area contributed by atoms with Gasteiger partial charge in [-0.25, -0.2) is 13.6 Å². The molecular weight excluding hydrogens is 292 g/mol. The van der Waals surface area contributed by atoms with E-state index in [1.807, 2.05) is 13.0 Å². The molecule has 5 nitrogen and oxygen atoms in total. The van der Waals surface area contributed by atoms with Crippen molar-refractivity contribution in [1.29, 1.82) is 0 Å². The third-order valence-electron chi connectivity index (χ3n) is 2.55. The molecule has 0 aliphatic heterocycles. The lowest BCUT2D eigenvalue weighted by Crippen LogP contribution is -2.44. The fourth-order valence-electron chi connectivity index (χ4n) is 1.55. The summed E-state index contributed by atoms with van der Waals surface area (Å²) in [5.74, 6) is -3.07. The van der Waals surface area contributed by atoms with Gasteiger partial charge < -0.3 is 15.4 Å². The molecule has 0 unspecified atom stereocenters. The Balaban J connectivity index is 2.31. The number of alkyl halides is 2. The molecule has 2 N–H and O–H groups in total. The number of ether oxygens (including phenoxy) is 1. The molecule has 1 aromatic heterocycles. The van der Waals surface area contributed by atoms with Crippen LogP contribution in [0.15, 0.2) is 18.3 Å². The van der Waals surface area contributed by atoms with Crippen molar-refractivity contribution in [3.05, 3.63) is 29.6 Å². The van der Waals surface area contributed by atoms with Crippen molar-refractivity contribution in [1.82, 2.24) is 15.6 Å². The van der Waals surface area contributed by atoms with Crippen LogP contribution in [-0.4, -0.2) is 35.7 Å². The molecule has 1 heterocycles. The first-order valence-corrected chi connectivity index (χ1v) is 7.04. The molecule has 0 aromatic carbocycles. The molecule has 0 bridgehead atoms. The third kappa shape index (κ3) is 7.87. The molecule has 0 saturated carbocycles. The summed E-state index contributed by atoms with van der Waals surface area (Å²) in [6, 6.07) is 3.64. The summed E-state index contributed by atoms with van der Waals surface area (Å²) in [5, 5.41) is 4.70. The minimum Gasteiger partial charge on any atom is -0.444 e. The van der Waals surface area contributed by atoms with Gasteiger partial charge in [0.1, 0.15) is 5.60 Å². The molecule has 1 aromatic rings. The van der Waals surface area contributed by atoms with Crippen LogP contribution in [0.2, 0.25) is 0 Å². The van der Waals surface area contributed by atoms with Gasteiger partial charge in [-0.1, -0.05) is 6.07 Å². The van der Waals surface area contributed by atoms with Crippen LogP contribution in [0.1, 0.15) is 32.0 Å². The zero-order chi connectivity index (χ0) is 16.8. The number of nitrogens with one attached hydrogen (secondary N) is 2. The Hall–Kier alpha value is -1.76. The topological polar surface area (TPSA) is 63.2 Å². The maximum Gasteiger partial charge on any atom is 0.407 e. The lowest BCUT2D eigenvalue weighted by atomic mass is 10.2. The average Bonchev–Trinajstić information content (AvgIpc) is 2.37. The minimum absolute atomic E-state index is 0.238. The van der Waals surface area contributed by atoms with E-state index in [4.69, 9.17) is 4.74 Å². The Morgan fingerprint density at radius 2 is 1.95 bits per heavy atom. The van der Waals surface area contributed by atoms with Crippen LogP contribution in [0.25, 0.3) is 0 Å². The molecule has 1 amide bonds. The summed E-state index contributed by atoms with van der Waals surface area (Å²) in [5.41, 5.74) is 0.978. The van der Waals surface area contributed by atoms with E-state index < -0.39 is 30.7 Å². The minimum atomic E-state index is -3.07. The number of rotatable bonds is 6. The van der Waals surface area contributed by atoms with Crippen molar-refractivity contribution < 1.29 is 18.3 Å². The lowest BCUT2D eigenvalue weighted by Gasteiger charge is -2.22. The van der Waals surface area contributed by atoms with Crippen LogP contribution < -0.4 is 10.6 Å². The summed E-state index contributed by atoms with van der Waals surface area (Å²) in [4.78, 5) is 15.5. The number of aromatic nitrogens is 1. The fourth-order valence-corrected chi connectivity index (χ4v) is 1.55. The fraction of sp³-hybridized carbons (Fsp3) is 0.600. The van der Waals surface area contributed by atoms with Crippen LogP contribution in [0.4, 0.5) is 13.6 Å². The molecule has 0 saturated heterocycles. The molecule has 0 aliphatic rings. The highest BCUT2D eigenvalue weighted by Crippen LogP contribution is 2.12. The summed E-state index contributed by atoms with van der Waals surface area (Å²) < 4.78 is 32.2. The van der Waals surface area contributed by atoms with Crippen LogP contribution in [0, 0.1) is 6.92 Å². The van der Waals surface area contributed by atoms with Crippen molar-refractivity contribution in [2.75, 3.05) is 13.1 Å². The highest BCUT2D eigenvalue weighted by Gasteiger charge is 2.30. The second-order valence-electron chi connectivity index (χ2n) is 6.14. The molecule has 0 atom stereocenters. The molecule has 0 fully saturated rings. The summed E-state index contributed by atoms with van der Waals surface area (Å²) >= 11 is 0. The first-order valence-electron chi connectivity index (χ1n) is 7.04. The van der Waals surface area contributed by atoms with Gasteiger partial charge in [-0.3, -0.25) is 4.98 Å². The van der Waals surface area contributed by atoms with Crippen LogP contribution in [0.5, 0.6) is 0 Å². The normalized spacial score (nSPS) is 12.1. The molecule has 1 rings (SSSR count). The number of hydrogen-bond acceptors (Lipinski definition) is 4. The Morgan fingerprint density at radius 3 is 2.50 bits per heavy atom. The smallest absolute Gasteiger partial charge is 0.407 e. The second-order valence-corrected chi connectivity index (χ2v) is 6.14. The number of pyridine rings is 1. The number of alkyl carbamates (subject to hydrolysis) is 1. The molecule has 124 valence electrons. The Morgan fingerprint density at radius 1 is 1.27 bits per heavy atom. The number of carbonyl (C=O) groups is 1. The highest BCUT2D eigenvalue weighted by molar-refractivity contribution is 5.67. The van der Waals surface area contributed by atoms with Crippen molar-refractivity contribution in [2.24, 2.45) is 0 Å². The lowest BCUT2D eigenvalue weighted by molar-refractivity contribution is -0.00381. The maximum absolute atomic E-state index is 13.6. The predicted octanol–water partition coefficient (Wildman–Crippen LogP) is 2.64. The Bertz CT molecular complexity index is 485. The van der Waals surface area contributed by atoms with Crippen LogP contribution >= 0.6 is 0 Å². The zero-order valence-electron chi connectivity index (χ0n) is 13.4. The van der Waals surface area contributed by atoms with Gasteiger partial charge >= 0.3 is 6.09 Å². The van der Waals surface area contributed by atoms with Crippen molar-refractivity contribution in [2.45, 2.75) is 45.8 Å². The van der Waals surface area contributed by atoms with Crippen LogP contribution in [-0.2, 0) is 11.3 Å². The van der Waals surface area contributed by atoms with E-state index >= 15 is 0 Å². The quantitative estimate of drug-likeness (QED) is 0.847. The van der Waals surface area contributed by atoms with Crippen molar-refractivity contribution in [3.63, 3.8) is 0 Å². The first kappa shape index (κ1) is 18.3. The van der Waals surface area contributed by atoms with E-state index in [1.165, 1.54) is 0 Å². The number of halogens is 2. The molecular formula is C15H23F2N3O2. The van der Waals surface area contributed by atoms with Gasteiger partial charge in [-0.05, 0) is 39.3 Å². The van der Waals surface area contributed by atoms with Gasteiger partial charge in [0, 0.05) is 12.7 Å². The zero-order valence-corrected chi connectivity index (χ0v) is 13.4. The molecule has 22 heavy (non-hydrogen) atoms. The summed E-state index contributed by atoms with van der Waals surface area (Å²) in [6.45, 7) is 5.81. The van der Waals surface area contributed by atoms with E-state index in [0.717, 1.165) is 5.56 Å². The molecule has 7 heteroatoms. The van der Waals surface area contributed by atoms with Gasteiger partial charge in [-0.2, -0.15) is 0 Å². The molecule has 0 radical (unpaired) electrons. The number of amides is 1. The van der Waals surface area contributed by atoms with E-state index in [9.17, 15) is 13.6 Å².